The number of rotatable bonds is 4. The quantitative estimate of drug-likeness (QED) is 0.885. The van der Waals surface area contributed by atoms with Gasteiger partial charge in [-0.25, -0.2) is 9.97 Å². The van der Waals surface area contributed by atoms with E-state index >= 15 is 0 Å². The molecule has 110 valence electrons. The van der Waals surface area contributed by atoms with E-state index in [1.54, 1.807) is 31.9 Å². The smallest absolute Gasteiger partial charge is 0.223 e. The van der Waals surface area contributed by atoms with Crippen LogP contribution in [0.4, 0.5) is 5.95 Å². The van der Waals surface area contributed by atoms with Crippen molar-refractivity contribution in [3.8, 4) is 11.4 Å². The Morgan fingerprint density at radius 1 is 1.19 bits per heavy atom. The van der Waals surface area contributed by atoms with E-state index in [2.05, 4.69) is 37.2 Å². The molecule has 21 heavy (non-hydrogen) atoms. The lowest BCUT2D eigenvalue weighted by Crippen LogP contribution is -2.34. The number of methoxy groups -OCH3 is 1. The summed E-state index contributed by atoms with van der Waals surface area (Å²) in [5.41, 5.74) is 1.48. The van der Waals surface area contributed by atoms with E-state index in [1.165, 1.54) is 0 Å². The van der Waals surface area contributed by atoms with Gasteiger partial charge in [0, 0.05) is 38.8 Å². The predicted octanol–water partition coefficient (Wildman–Crippen LogP) is 0.674. The van der Waals surface area contributed by atoms with E-state index < -0.39 is 0 Å². The van der Waals surface area contributed by atoms with Crippen molar-refractivity contribution < 1.29 is 4.74 Å². The van der Waals surface area contributed by atoms with Crippen molar-refractivity contribution in [3.63, 3.8) is 0 Å². The highest BCUT2D eigenvalue weighted by molar-refractivity contribution is 5.53. The van der Waals surface area contributed by atoms with Gasteiger partial charge >= 0.3 is 0 Å². The highest BCUT2D eigenvalue weighted by Crippen LogP contribution is 2.17. The lowest BCUT2D eigenvalue weighted by molar-refractivity contribution is 0.104. The molecule has 0 amide bonds. The third-order valence-corrected chi connectivity index (χ3v) is 3.55. The number of nitrogens with zero attached hydrogens (tertiary/aromatic N) is 5. The maximum absolute atomic E-state index is 5.50. The summed E-state index contributed by atoms with van der Waals surface area (Å²) < 4.78 is 5.50. The molecule has 7 heteroatoms. The summed E-state index contributed by atoms with van der Waals surface area (Å²) in [7, 11) is 3.81. The molecule has 0 bridgehead atoms. The Bertz CT molecular complexity index is 593. The van der Waals surface area contributed by atoms with Gasteiger partial charge in [0.1, 0.15) is 5.69 Å². The second-order valence-corrected chi connectivity index (χ2v) is 5.10. The van der Waals surface area contributed by atoms with Crippen molar-refractivity contribution in [2.24, 2.45) is 0 Å². The minimum absolute atomic E-state index is 0.138. The van der Waals surface area contributed by atoms with Gasteiger partial charge in [-0.05, 0) is 13.1 Å². The first-order valence-electron chi connectivity index (χ1n) is 6.83. The van der Waals surface area contributed by atoms with Gasteiger partial charge in [-0.1, -0.05) is 0 Å². The zero-order valence-electron chi connectivity index (χ0n) is 12.1. The van der Waals surface area contributed by atoms with Crippen LogP contribution in [0.2, 0.25) is 0 Å². The van der Waals surface area contributed by atoms with Crippen LogP contribution in [0.5, 0.6) is 0 Å². The molecule has 1 saturated heterocycles. The normalized spacial score (nSPS) is 22.4. The Morgan fingerprint density at radius 2 is 2.10 bits per heavy atom. The van der Waals surface area contributed by atoms with Gasteiger partial charge in [0.25, 0.3) is 0 Å². The Hall–Kier alpha value is -2.12. The summed E-state index contributed by atoms with van der Waals surface area (Å²) in [6.45, 7) is 1.80. The van der Waals surface area contributed by atoms with Gasteiger partial charge in [-0.3, -0.25) is 9.97 Å². The zero-order valence-corrected chi connectivity index (χ0v) is 12.1. The van der Waals surface area contributed by atoms with Crippen LogP contribution in [0.1, 0.15) is 0 Å². The van der Waals surface area contributed by atoms with Gasteiger partial charge in [0.15, 0.2) is 0 Å². The van der Waals surface area contributed by atoms with Crippen molar-refractivity contribution in [2.75, 3.05) is 32.6 Å². The molecular weight excluding hydrogens is 268 g/mol. The Balaban J connectivity index is 1.78. The number of likely N-dealkylation sites (N-methyl/N-ethyl adjacent to an activating group) is 1. The van der Waals surface area contributed by atoms with Crippen LogP contribution in [-0.4, -0.2) is 64.2 Å². The molecule has 0 spiro atoms. The van der Waals surface area contributed by atoms with Crippen molar-refractivity contribution in [3.05, 3.63) is 30.9 Å². The number of hydrogen-bond acceptors (Lipinski definition) is 7. The molecule has 0 radical (unpaired) electrons. The third-order valence-electron chi connectivity index (χ3n) is 3.55. The van der Waals surface area contributed by atoms with Gasteiger partial charge in [-0.15, -0.1) is 0 Å². The highest BCUT2D eigenvalue weighted by atomic mass is 16.5. The molecule has 2 aromatic heterocycles. The van der Waals surface area contributed by atoms with Crippen molar-refractivity contribution >= 4 is 5.95 Å². The molecule has 0 aliphatic carbocycles. The van der Waals surface area contributed by atoms with Crippen molar-refractivity contribution in [1.29, 1.82) is 0 Å². The van der Waals surface area contributed by atoms with E-state index in [0.717, 1.165) is 24.5 Å². The molecule has 0 unspecified atom stereocenters. The first-order valence-corrected chi connectivity index (χ1v) is 6.83. The molecule has 3 heterocycles. The standard InChI is InChI=1S/C14H18N6O/c1-20-8-12(13(9-20)21-2)19-14-17-4-3-10(18-14)11-7-15-5-6-16-11/h3-7,12-13H,8-9H2,1-2H3,(H,17,18,19)/t12-,13-/m1/s1. The highest BCUT2D eigenvalue weighted by Gasteiger charge is 2.31. The van der Waals surface area contributed by atoms with Gasteiger partial charge in [0.05, 0.1) is 24.0 Å². The summed E-state index contributed by atoms with van der Waals surface area (Å²) in [5, 5.41) is 3.35. The lowest BCUT2D eigenvalue weighted by Gasteiger charge is -2.18. The van der Waals surface area contributed by atoms with Crippen LogP contribution in [0.25, 0.3) is 11.4 Å². The third kappa shape index (κ3) is 3.14. The topological polar surface area (TPSA) is 76.1 Å². The molecule has 0 aromatic carbocycles. The van der Waals surface area contributed by atoms with Gasteiger partial charge in [-0.2, -0.15) is 0 Å². The Morgan fingerprint density at radius 3 is 2.86 bits per heavy atom. The number of likely N-dealkylation sites (tertiary alicyclic amines) is 1. The SMILES string of the molecule is CO[C@@H]1CN(C)C[C@H]1Nc1nccc(-c2cnccn2)n1. The fraction of sp³-hybridized carbons (Fsp3) is 0.429. The lowest BCUT2D eigenvalue weighted by atomic mass is 10.2. The molecule has 0 saturated carbocycles. The maximum Gasteiger partial charge on any atom is 0.223 e. The zero-order chi connectivity index (χ0) is 14.7. The summed E-state index contributed by atoms with van der Waals surface area (Å²) in [5.74, 6) is 0.584. The number of ether oxygens (including phenoxy) is 1. The predicted molar refractivity (Wildman–Crippen MR) is 78.8 cm³/mol. The molecule has 7 nitrogen and oxygen atoms in total. The summed E-state index contributed by atoms with van der Waals surface area (Å²) in [4.78, 5) is 19.3. The largest absolute Gasteiger partial charge is 0.378 e. The monoisotopic (exact) mass is 286 g/mol. The first-order chi connectivity index (χ1) is 10.3. The minimum Gasteiger partial charge on any atom is -0.378 e. The second kappa shape index (κ2) is 6.11. The van der Waals surface area contributed by atoms with E-state index in [0.29, 0.717) is 5.95 Å². The number of anilines is 1. The van der Waals surface area contributed by atoms with E-state index in [4.69, 9.17) is 4.74 Å². The number of hydrogen-bond donors (Lipinski definition) is 1. The molecule has 1 aliphatic heterocycles. The fourth-order valence-corrected chi connectivity index (χ4v) is 2.51. The molecule has 1 N–H and O–H groups in total. The summed E-state index contributed by atoms with van der Waals surface area (Å²) in [6, 6.07) is 2.00. The van der Waals surface area contributed by atoms with E-state index in [1.807, 2.05) is 6.07 Å². The van der Waals surface area contributed by atoms with E-state index in [-0.39, 0.29) is 12.1 Å². The maximum atomic E-state index is 5.50. The van der Waals surface area contributed by atoms with E-state index in [9.17, 15) is 0 Å². The number of nitrogens with one attached hydrogen (secondary N) is 1. The Labute approximate surface area is 123 Å². The van der Waals surface area contributed by atoms with Crippen LogP contribution in [-0.2, 0) is 4.74 Å². The average molecular weight is 286 g/mol. The summed E-state index contributed by atoms with van der Waals surface area (Å²) >= 11 is 0. The van der Waals surface area contributed by atoms with Crippen LogP contribution in [0.15, 0.2) is 30.9 Å². The first kappa shape index (κ1) is 13.8. The molecule has 1 fully saturated rings. The Kier molecular flexibility index (Phi) is 4.03. The van der Waals surface area contributed by atoms with Gasteiger partial charge < -0.3 is 15.0 Å². The van der Waals surface area contributed by atoms with Gasteiger partial charge in [0.2, 0.25) is 5.95 Å². The fourth-order valence-electron chi connectivity index (χ4n) is 2.51. The molecule has 3 rings (SSSR count). The minimum atomic E-state index is 0.138. The van der Waals surface area contributed by atoms with Crippen LogP contribution >= 0.6 is 0 Å². The average Bonchev–Trinajstić information content (AvgIpc) is 2.88. The second-order valence-electron chi connectivity index (χ2n) is 5.10. The van der Waals surface area contributed by atoms with Crippen molar-refractivity contribution in [1.82, 2.24) is 24.8 Å². The molecule has 1 aliphatic rings. The summed E-state index contributed by atoms with van der Waals surface area (Å²) in [6.07, 6.45) is 6.84. The van der Waals surface area contributed by atoms with Crippen molar-refractivity contribution in [2.45, 2.75) is 12.1 Å². The molecule has 2 aromatic rings. The van der Waals surface area contributed by atoms with Crippen LogP contribution < -0.4 is 5.32 Å². The molecule has 2 atom stereocenters. The molecular formula is C14H18N6O. The van der Waals surface area contributed by atoms with Crippen LogP contribution in [0.3, 0.4) is 0 Å². The van der Waals surface area contributed by atoms with Crippen LogP contribution in [0, 0.1) is 0 Å². The number of aromatic nitrogens is 4.